The summed E-state index contributed by atoms with van der Waals surface area (Å²) in [7, 11) is 0. The third kappa shape index (κ3) is 2.95. The Kier molecular flexibility index (Phi) is 3.90. The lowest BCUT2D eigenvalue weighted by molar-refractivity contribution is 0.267. The fourth-order valence-electron chi connectivity index (χ4n) is 3.32. The number of benzene rings is 1. The van der Waals surface area contributed by atoms with Crippen LogP contribution in [0.5, 0.6) is 0 Å². The van der Waals surface area contributed by atoms with E-state index in [0.717, 1.165) is 23.0 Å². The van der Waals surface area contributed by atoms with Crippen LogP contribution in [0.1, 0.15) is 39.5 Å². The molecular weight excluding hydrogens is 244 g/mol. The van der Waals surface area contributed by atoms with Crippen molar-refractivity contribution in [2.75, 3.05) is 5.32 Å². The maximum Gasteiger partial charge on any atom is 0.0703 e. The Balaban J connectivity index is 1.65. The molecule has 0 spiro atoms. The van der Waals surface area contributed by atoms with Crippen LogP contribution in [0.4, 0.5) is 5.69 Å². The summed E-state index contributed by atoms with van der Waals surface area (Å²) in [6, 6.07) is 11.1. The van der Waals surface area contributed by atoms with Crippen molar-refractivity contribution in [2.24, 2.45) is 11.8 Å². The van der Waals surface area contributed by atoms with E-state index in [-0.39, 0.29) is 0 Å². The highest BCUT2D eigenvalue weighted by Crippen LogP contribution is 2.31. The lowest BCUT2D eigenvalue weighted by atomic mass is 9.79. The fourth-order valence-corrected chi connectivity index (χ4v) is 3.32. The van der Waals surface area contributed by atoms with Gasteiger partial charge in [-0.05, 0) is 49.7 Å². The van der Waals surface area contributed by atoms with Crippen LogP contribution in [0.15, 0.2) is 36.5 Å². The Hall–Kier alpha value is -1.57. The van der Waals surface area contributed by atoms with Gasteiger partial charge in [0, 0.05) is 11.4 Å². The number of fused-ring (bicyclic) bond motifs is 1. The van der Waals surface area contributed by atoms with E-state index >= 15 is 0 Å². The summed E-state index contributed by atoms with van der Waals surface area (Å²) in [5.41, 5.74) is 2.23. The van der Waals surface area contributed by atoms with E-state index in [9.17, 15) is 0 Å². The zero-order chi connectivity index (χ0) is 13.9. The standard InChI is InChI=1S/C18H24N2/c1-13(2)14-7-9-16(10-8-14)20-17-11-15-5-3-4-6-18(15)19-12-17/h3-6,11-14,16,20H,7-10H2,1-2H3. The van der Waals surface area contributed by atoms with Crippen molar-refractivity contribution in [1.82, 2.24) is 4.98 Å². The van der Waals surface area contributed by atoms with Crippen molar-refractivity contribution in [1.29, 1.82) is 0 Å². The average Bonchev–Trinajstić information content (AvgIpc) is 2.48. The molecule has 1 aromatic carbocycles. The van der Waals surface area contributed by atoms with Gasteiger partial charge in [0.1, 0.15) is 0 Å². The van der Waals surface area contributed by atoms with Crippen LogP contribution in [0.25, 0.3) is 10.9 Å². The van der Waals surface area contributed by atoms with Gasteiger partial charge in [0.15, 0.2) is 0 Å². The highest BCUT2D eigenvalue weighted by Gasteiger charge is 2.23. The summed E-state index contributed by atoms with van der Waals surface area (Å²) >= 11 is 0. The first kappa shape index (κ1) is 13.4. The fraction of sp³-hybridized carbons (Fsp3) is 0.500. The quantitative estimate of drug-likeness (QED) is 0.859. The molecule has 1 aromatic heterocycles. The van der Waals surface area contributed by atoms with E-state index < -0.39 is 0 Å². The highest BCUT2D eigenvalue weighted by atomic mass is 14.9. The largest absolute Gasteiger partial charge is 0.381 e. The molecule has 106 valence electrons. The molecule has 1 heterocycles. The maximum atomic E-state index is 4.53. The lowest BCUT2D eigenvalue weighted by Crippen LogP contribution is -2.27. The number of pyridine rings is 1. The van der Waals surface area contributed by atoms with Gasteiger partial charge in [0.2, 0.25) is 0 Å². The van der Waals surface area contributed by atoms with Crippen LogP contribution in [0.3, 0.4) is 0 Å². The average molecular weight is 268 g/mol. The van der Waals surface area contributed by atoms with Crippen LogP contribution in [0, 0.1) is 11.8 Å². The molecule has 0 saturated heterocycles. The molecule has 0 atom stereocenters. The number of anilines is 1. The summed E-state index contributed by atoms with van der Waals surface area (Å²) in [6.45, 7) is 4.71. The van der Waals surface area contributed by atoms with Gasteiger partial charge in [-0.3, -0.25) is 4.98 Å². The monoisotopic (exact) mass is 268 g/mol. The molecule has 1 N–H and O–H groups in total. The SMILES string of the molecule is CC(C)C1CCC(Nc2cnc3ccccc3c2)CC1. The topological polar surface area (TPSA) is 24.9 Å². The number of hydrogen-bond acceptors (Lipinski definition) is 2. The second kappa shape index (κ2) is 5.82. The number of nitrogens with zero attached hydrogens (tertiary/aromatic N) is 1. The smallest absolute Gasteiger partial charge is 0.0703 e. The molecule has 1 aliphatic carbocycles. The van der Waals surface area contributed by atoms with E-state index in [1.165, 1.54) is 31.1 Å². The molecule has 2 nitrogen and oxygen atoms in total. The Morgan fingerprint density at radius 1 is 1.10 bits per heavy atom. The van der Waals surface area contributed by atoms with Crippen molar-refractivity contribution in [2.45, 2.75) is 45.6 Å². The molecule has 1 fully saturated rings. The molecule has 2 heteroatoms. The Labute approximate surface area is 121 Å². The van der Waals surface area contributed by atoms with Crippen LogP contribution in [-0.4, -0.2) is 11.0 Å². The van der Waals surface area contributed by atoms with Gasteiger partial charge in [0.25, 0.3) is 0 Å². The molecule has 3 rings (SSSR count). The minimum atomic E-state index is 0.618. The zero-order valence-corrected chi connectivity index (χ0v) is 12.5. The maximum absolute atomic E-state index is 4.53. The van der Waals surface area contributed by atoms with Crippen molar-refractivity contribution in [3.8, 4) is 0 Å². The summed E-state index contributed by atoms with van der Waals surface area (Å²) in [5.74, 6) is 1.75. The summed E-state index contributed by atoms with van der Waals surface area (Å²) in [5, 5.41) is 4.89. The second-order valence-corrected chi connectivity index (χ2v) is 6.42. The first-order chi connectivity index (χ1) is 9.72. The Morgan fingerprint density at radius 2 is 1.85 bits per heavy atom. The molecule has 0 radical (unpaired) electrons. The third-order valence-electron chi connectivity index (χ3n) is 4.68. The van der Waals surface area contributed by atoms with Crippen LogP contribution < -0.4 is 5.32 Å². The summed E-state index contributed by atoms with van der Waals surface area (Å²) < 4.78 is 0. The summed E-state index contributed by atoms with van der Waals surface area (Å²) in [4.78, 5) is 4.53. The Bertz CT molecular complexity index is 568. The van der Waals surface area contributed by atoms with E-state index in [1.54, 1.807) is 0 Å². The molecule has 0 unspecified atom stereocenters. The van der Waals surface area contributed by atoms with Gasteiger partial charge >= 0.3 is 0 Å². The molecule has 1 aliphatic rings. The molecule has 0 amide bonds. The highest BCUT2D eigenvalue weighted by molar-refractivity contribution is 5.81. The molecule has 2 aromatic rings. The molecule has 0 bridgehead atoms. The van der Waals surface area contributed by atoms with E-state index in [0.29, 0.717) is 6.04 Å². The predicted molar refractivity (Wildman–Crippen MR) is 85.9 cm³/mol. The minimum absolute atomic E-state index is 0.618. The molecule has 1 saturated carbocycles. The summed E-state index contributed by atoms with van der Waals surface area (Å²) in [6.07, 6.45) is 7.26. The molecular formula is C18H24N2. The van der Waals surface area contributed by atoms with Crippen LogP contribution in [0.2, 0.25) is 0 Å². The van der Waals surface area contributed by atoms with Gasteiger partial charge in [-0.15, -0.1) is 0 Å². The number of rotatable bonds is 3. The number of para-hydroxylation sites is 1. The lowest BCUT2D eigenvalue weighted by Gasteiger charge is -2.31. The predicted octanol–water partition coefficient (Wildman–Crippen LogP) is 4.86. The first-order valence-electron chi connectivity index (χ1n) is 7.83. The third-order valence-corrected chi connectivity index (χ3v) is 4.68. The number of hydrogen-bond donors (Lipinski definition) is 1. The minimum Gasteiger partial charge on any atom is -0.381 e. The Morgan fingerprint density at radius 3 is 2.60 bits per heavy atom. The van der Waals surface area contributed by atoms with Gasteiger partial charge in [0.05, 0.1) is 17.4 Å². The molecule has 20 heavy (non-hydrogen) atoms. The second-order valence-electron chi connectivity index (χ2n) is 6.42. The van der Waals surface area contributed by atoms with Gasteiger partial charge in [-0.2, -0.15) is 0 Å². The van der Waals surface area contributed by atoms with E-state index in [1.807, 2.05) is 12.3 Å². The number of aromatic nitrogens is 1. The van der Waals surface area contributed by atoms with Crippen LogP contribution >= 0.6 is 0 Å². The van der Waals surface area contributed by atoms with E-state index in [4.69, 9.17) is 0 Å². The molecule has 0 aliphatic heterocycles. The number of nitrogens with one attached hydrogen (secondary N) is 1. The van der Waals surface area contributed by atoms with E-state index in [2.05, 4.69) is 48.4 Å². The van der Waals surface area contributed by atoms with Gasteiger partial charge < -0.3 is 5.32 Å². The van der Waals surface area contributed by atoms with Crippen molar-refractivity contribution in [3.63, 3.8) is 0 Å². The first-order valence-corrected chi connectivity index (χ1v) is 7.83. The van der Waals surface area contributed by atoms with Gasteiger partial charge in [-0.25, -0.2) is 0 Å². The van der Waals surface area contributed by atoms with Crippen molar-refractivity contribution >= 4 is 16.6 Å². The van der Waals surface area contributed by atoms with Crippen molar-refractivity contribution in [3.05, 3.63) is 36.5 Å². The van der Waals surface area contributed by atoms with Crippen LogP contribution in [-0.2, 0) is 0 Å². The van der Waals surface area contributed by atoms with Gasteiger partial charge in [-0.1, -0.05) is 32.0 Å². The van der Waals surface area contributed by atoms with Crippen molar-refractivity contribution < 1.29 is 0 Å². The normalized spacial score (nSPS) is 23.1. The zero-order valence-electron chi connectivity index (χ0n) is 12.5.